The number of carbonyl (C=O) groups is 1. The van der Waals surface area contributed by atoms with Crippen molar-refractivity contribution >= 4 is 17.7 Å². The first-order chi connectivity index (χ1) is 12.7. The fourth-order valence-electron chi connectivity index (χ4n) is 2.55. The van der Waals surface area contributed by atoms with Crippen molar-refractivity contribution in [2.75, 3.05) is 0 Å². The molecule has 27 heavy (non-hydrogen) atoms. The predicted octanol–water partition coefficient (Wildman–Crippen LogP) is 3.81. The number of nitriles is 1. The highest BCUT2D eigenvalue weighted by Gasteiger charge is 2.32. The third-order valence-corrected chi connectivity index (χ3v) is 5.92. The molecule has 1 N–H and O–H groups in total. The summed E-state index contributed by atoms with van der Waals surface area (Å²) in [7, 11) is 0. The Balaban J connectivity index is 2.22. The molecule has 1 aromatic carbocycles. The van der Waals surface area contributed by atoms with Gasteiger partial charge < -0.3 is 9.88 Å². The molecule has 144 valence electrons. The van der Waals surface area contributed by atoms with Crippen LogP contribution in [0.2, 0.25) is 0 Å². The van der Waals surface area contributed by atoms with E-state index in [0.717, 1.165) is 17.0 Å². The largest absolute Gasteiger partial charge is 0.337 e. The van der Waals surface area contributed by atoms with Gasteiger partial charge >= 0.3 is 0 Å². The fourth-order valence-corrected chi connectivity index (χ4v) is 3.47. The SMILES string of the molecule is CCn1c(S[C@@H](C)C(=O)N[C@@](C)(C#N)C(C)C)nnc1-c1ccccc1C. The summed E-state index contributed by atoms with van der Waals surface area (Å²) in [5, 5.41) is 21.3. The zero-order valence-electron chi connectivity index (χ0n) is 16.8. The minimum absolute atomic E-state index is 0.00982. The van der Waals surface area contributed by atoms with Crippen molar-refractivity contribution in [2.24, 2.45) is 5.92 Å². The molecular formula is C20H27N5OS. The lowest BCUT2D eigenvalue weighted by Crippen LogP contribution is -2.51. The van der Waals surface area contributed by atoms with Crippen molar-refractivity contribution < 1.29 is 4.79 Å². The Morgan fingerprint density at radius 3 is 2.56 bits per heavy atom. The number of aryl methyl sites for hydroxylation is 1. The maximum atomic E-state index is 12.6. The Morgan fingerprint density at radius 1 is 1.33 bits per heavy atom. The number of carbonyl (C=O) groups excluding carboxylic acids is 1. The van der Waals surface area contributed by atoms with Crippen LogP contribution in [-0.4, -0.2) is 31.5 Å². The number of benzene rings is 1. The lowest BCUT2D eigenvalue weighted by Gasteiger charge is -2.28. The Hall–Kier alpha value is -2.33. The Kier molecular flexibility index (Phi) is 6.66. The molecule has 0 aliphatic carbocycles. The van der Waals surface area contributed by atoms with E-state index >= 15 is 0 Å². The van der Waals surface area contributed by atoms with Gasteiger partial charge in [-0.25, -0.2) is 0 Å². The van der Waals surface area contributed by atoms with Gasteiger partial charge in [0.1, 0.15) is 5.54 Å². The molecule has 7 heteroatoms. The first-order valence-electron chi connectivity index (χ1n) is 9.12. The maximum Gasteiger partial charge on any atom is 0.234 e. The number of amides is 1. The van der Waals surface area contributed by atoms with Gasteiger partial charge in [-0.05, 0) is 39.2 Å². The highest BCUT2D eigenvalue weighted by Crippen LogP contribution is 2.29. The number of aromatic nitrogens is 3. The molecule has 2 atom stereocenters. The van der Waals surface area contributed by atoms with Gasteiger partial charge in [0.25, 0.3) is 0 Å². The average molecular weight is 386 g/mol. The van der Waals surface area contributed by atoms with Gasteiger partial charge in [-0.15, -0.1) is 10.2 Å². The molecule has 0 saturated carbocycles. The van der Waals surface area contributed by atoms with E-state index in [1.165, 1.54) is 11.8 Å². The van der Waals surface area contributed by atoms with E-state index in [0.29, 0.717) is 11.7 Å². The van der Waals surface area contributed by atoms with Gasteiger partial charge in [0.2, 0.25) is 5.91 Å². The maximum absolute atomic E-state index is 12.6. The Bertz CT molecular complexity index is 854. The molecule has 2 aromatic rings. The summed E-state index contributed by atoms with van der Waals surface area (Å²) < 4.78 is 2.02. The second-order valence-electron chi connectivity index (χ2n) is 7.08. The van der Waals surface area contributed by atoms with Gasteiger partial charge in [0.15, 0.2) is 11.0 Å². The summed E-state index contributed by atoms with van der Waals surface area (Å²) in [4.78, 5) is 12.6. The molecule has 1 heterocycles. The second kappa shape index (κ2) is 8.57. The summed E-state index contributed by atoms with van der Waals surface area (Å²) in [6, 6.07) is 10.3. The molecule has 0 bridgehead atoms. The summed E-state index contributed by atoms with van der Waals surface area (Å²) in [5.74, 6) is 0.631. The van der Waals surface area contributed by atoms with E-state index in [1.54, 1.807) is 6.92 Å². The predicted molar refractivity (Wildman–Crippen MR) is 108 cm³/mol. The average Bonchev–Trinajstić information content (AvgIpc) is 3.03. The van der Waals surface area contributed by atoms with Gasteiger partial charge in [0, 0.05) is 12.1 Å². The normalized spacial score (nSPS) is 14.4. The van der Waals surface area contributed by atoms with E-state index in [2.05, 4.69) is 21.6 Å². The smallest absolute Gasteiger partial charge is 0.234 e. The second-order valence-corrected chi connectivity index (χ2v) is 8.39. The van der Waals surface area contributed by atoms with Crippen molar-refractivity contribution in [1.82, 2.24) is 20.1 Å². The topological polar surface area (TPSA) is 83.6 Å². The molecule has 0 saturated heterocycles. The van der Waals surface area contributed by atoms with Crippen LogP contribution in [0.1, 0.15) is 40.2 Å². The highest BCUT2D eigenvalue weighted by atomic mass is 32.2. The number of rotatable bonds is 7. The van der Waals surface area contributed by atoms with Crippen LogP contribution in [-0.2, 0) is 11.3 Å². The van der Waals surface area contributed by atoms with Gasteiger partial charge in [-0.2, -0.15) is 5.26 Å². The van der Waals surface area contributed by atoms with E-state index < -0.39 is 10.8 Å². The van der Waals surface area contributed by atoms with Crippen LogP contribution in [0, 0.1) is 24.2 Å². The van der Waals surface area contributed by atoms with Crippen LogP contribution < -0.4 is 5.32 Å². The van der Waals surface area contributed by atoms with Crippen LogP contribution in [0.5, 0.6) is 0 Å². The zero-order valence-corrected chi connectivity index (χ0v) is 17.6. The quantitative estimate of drug-likeness (QED) is 0.733. The summed E-state index contributed by atoms with van der Waals surface area (Å²) in [6.45, 7) is 12.2. The monoisotopic (exact) mass is 385 g/mol. The lowest BCUT2D eigenvalue weighted by molar-refractivity contribution is -0.121. The third kappa shape index (κ3) is 4.51. The van der Waals surface area contributed by atoms with Crippen molar-refractivity contribution in [3.05, 3.63) is 29.8 Å². The van der Waals surface area contributed by atoms with Crippen molar-refractivity contribution in [3.63, 3.8) is 0 Å². The minimum Gasteiger partial charge on any atom is -0.337 e. The van der Waals surface area contributed by atoms with Crippen molar-refractivity contribution in [2.45, 2.75) is 64.0 Å². The van der Waals surface area contributed by atoms with Crippen molar-refractivity contribution in [3.8, 4) is 17.5 Å². The van der Waals surface area contributed by atoms with Gasteiger partial charge in [-0.1, -0.05) is 49.9 Å². The van der Waals surface area contributed by atoms with Gasteiger partial charge in [-0.3, -0.25) is 4.79 Å². The van der Waals surface area contributed by atoms with E-state index in [-0.39, 0.29) is 11.8 Å². The number of thioether (sulfide) groups is 1. The van der Waals surface area contributed by atoms with Crippen LogP contribution in [0.15, 0.2) is 29.4 Å². The third-order valence-electron chi connectivity index (χ3n) is 4.84. The number of hydrogen-bond donors (Lipinski definition) is 1. The number of nitrogens with zero attached hydrogens (tertiary/aromatic N) is 4. The lowest BCUT2D eigenvalue weighted by atomic mass is 9.90. The molecule has 1 amide bonds. The molecule has 0 aliphatic heterocycles. The highest BCUT2D eigenvalue weighted by molar-refractivity contribution is 8.00. The fraction of sp³-hybridized carbons (Fsp3) is 0.500. The Morgan fingerprint density at radius 2 is 2.00 bits per heavy atom. The number of hydrogen-bond acceptors (Lipinski definition) is 5. The molecule has 0 aliphatic rings. The van der Waals surface area contributed by atoms with Crippen LogP contribution in [0.4, 0.5) is 0 Å². The first-order valence-corrected chi connectivity index (χ1v) is 10.0. The molecule has 1 aromatic heterocycles. The van der Waals surface area contributed by atoms with Crippen LogP contribution in [0.25, 0.3) is 11.4 Å². The van der Waals surface area contributed by atoms with Crippen molar-refractivity contribution in [1.29, 1.82) is 5.26 Å². The summed E-state index contributed by atoms with van der Waals surface area (Å²) >= 11 is 1.36. The first kappa shape index (κ1) is 21.0. The van der Waals surface area contributed by atoms with Crippen LogP contribution in [0.3, 0.4) is 0 Å². The van der Waals surface area contributed by atoms with E-state index in [9.17, 15) is 10.1 Å². The van der Waals surface area contributed by atoms with Crippen LogP contribution >= 0.6 is 11.8 Å². The summed E-state index contributed by atoms with van der Waals surface area (Å²) in [5.41, 5.74) is 1.27. The molecule has 0 unspecified atom stereocenters. The molecule has 2 rings (SSSR count). The molecule has 6 nitrogen and oxygen atoms in total. The zero-order chi connectivity index (χ0) is 20.2. The molecule has 0 radical (unpaired) electrons. The molecule has 0 fully saturated rings. The van der Waals surface area contributed by atoms with Gasteiger partial charge in [0.05, 0.1) is 11.3 Å². The molecule has 0 spiro atoms. The van der Waals surface area contributed by atoms with E-state index in [4.69, 9.17) is 0 Å². The Labute approximate surface area is 165 Å². The number of nitrogens with one attached hydrogen (secondary N) is 1. The molecular weight excluding hydrogens is 358 g/mol. The van der Waals surface area contributed by atoms with E-state index in [1.807, 2.05) is 63.5 Å². The summed E-state index contributed by atoms with van der Waals surface area (Å²) in [6.07, 6.45) is 0. The standard InChI is InChI=1S/C20H27N5OS/c1-7-25-17(16-11-9-8-10-14(16)4)23-24-19(25)27-15(5)18(26)22-20(6,12-21)13(2)3/h8-11,13,15H,7H2,1-6H3,(H,22,26)/t15-,20-/m0/s1. The minimum atomic E-state index is -0.892.